The molecule has 2 aliphatic carbocycles. The first-order valence-corrected chi connectivity index (χ1v) is 10.3. The fourth-order valence-electron chi connectivity index (χ4n) is 5.39. The van der Waals surface area contributed by atoms with Gasteiger partial charge in [0.05, 0.1) is 11.4 Å². The van der Waals surface area contributed by atoms with Crippen molar-refractivity contribution in [1.82, 2.24) is 15.0 Å². The molecule has 3 aromatic rings. The molecule has 0 bridgehead atoms. The largest absolute Gasteiger partial charge is 0.265 e. The van der Waals surface area contributed by atoms with E-state index in [4.69, 9.17) is 9.97 Å². The molecule has 0 aliphatic heterocycles. The molecule has 0 amide bonds. The Hall–Kier alpha value is -2.81. The first-order valence-electron chi connectivity index (χ1n) is 10.3. The SMILES string of the molecule is C=C1CCCCC(C2(Cc3ccncc3)c3cccnc3-c3ncccc32)C1. The molecule has 0 aromatic carbocycles. The van der Waals surface area contributed by atoms with Crippen molar-refractivity contribution in [2.75, 3.05) is 0 Å². The molecule has 3 heterocycles. The van der Waals surface area contributed by atoms with Crippen LogP contribution in [-0.4, -0.2) is 15.0 Å². The second kappa shape index (κ2) is 6.97. The predicted octanol–water partition coefficient (Wildman–Crippen LogP) is 5.52. The van der Waals surface area contributed by atoms with Gasteiger partial charge in [-0.05, 0) is 79.0 Å². The van der Waals surface area contributed by atoms with Gasteiger partial charge in [0, 0.05) is 30.2 Å². The van der Waals surface area contributed by atoms with Gasteiger partial charge in [-0.1, -0.05) is 30.7 Å². The summed E-state index contributed by atoms with van der Waals surface area (Å²) in [6, 6.07) is 13.0. The van der Waals surface area contributed by atoms with Crippen LogP contribution in [0.4, 0.5) is 0 Å². The Labute approximate surface area is 166 Å². The molecule has 140 valence electrons. The number of pyridine rings is 3. The van der Waals surface area contributed by atoms with Gasteiger partial charge in [0.2, 0.25) is 0 Å². The van der Waals surface area contributed by atoms with E-state index < -0.39 is 0 Å². The predicted molar refractivity (Wildman–Crippen MR) is 112 cm³/mol. The Morgan fingerprint density at radius 2 is 1.57 bits per heavy atom. The molecule has 0 spiro atoms. The highest BCUT2D eigenvalue weighted by Crippen LogP contribution is 2.56. The van der Waals surface area contributed by atoms with E-state index in [-0.39, 0.29) is 5.41 Å². The first-order chi connectivity index (χ1) is 13.8. The molecular weight excluding hydrogens is 342 g/mol. The molecule has 1 fully saturated rings. The van der Waals surface area contributed by atoms with Crippen molar-refractivity contribution in [3.63, 3.8) is 0 Å². The Morgan fingerprint density at radius 3 is 2.25 bits per heavy atom. The summed E-state index contributed by atoms with van der Waals surface area (Å²) in [7, 11) is 0. The lowest BCUT2D eigenvalue weighted by Crippen LogP contribution is -2.37. The second-order valence-corrected chi connectivity index (χ2v) is 8.20. The quantitative estimate of drug-likeness (QED) is 0.452. The number of hydrogen-bond acceptors (Lipinski definition) is 3. The third-order valence-electron chi connectivity index (χ3n) is 6.60. The van der Waals surface area contributed by atoms with Crippen molar-refractivity contribution >= 4 is 0 Å². The van der Waals surface area contributed by atoms with Crippen molar-refractivity contribution in [2.45, 2.75) is 43.9 Å². The number of allylic oxidation sites excluding steroid dienone is 1. The number of aromatic nitrogens is 3. The highest BCUT2D eigenvalue weighted by molar-refractivity contribution is 5.75. The monoisotopic (exact) mass is 367 g/mol. The summed E-state index contributed by atoms with van der Waals surface area (Å²) in [6.45, 7) is 4.40. The average molecular weight is 367 g/mol. The van der Waals surface area contributed by atoms with E-state index in [9.17, 15) is 0 Å². The van der Waals surface area contributed by atoms with E-state index in [0.717, 1.165) is 30.7 Å². The van der Waals surface area contributed by atoms with Crippen LogP contribution in [-0.2, 0) is 11.8 Å². The summed E-state index contributed by atoms with van der Waals surface area (Å²) >= 11 is 0. The van der Waals surface area contributed by atoms with Crippen molar-refractivity contribution < 1.29 is 0 Å². The van der Waals surface area contributed by atoms with Crippen LogP contribution in [0, 0.1) is 5.92 Å². The van der Waals surface area contributed by atoms with Crippen LogP contribution in [0.1, 0.15) is 48.8 Å². The molecule has 0 radical (unpaired) electrons. The topological polar surface area (TPSA) is 38.7 Å². The van der Waals surface area contributed by atoms with Gasteiger partial charge in [0.15, 0.2) is 0 Å². The van der Waals surface area contributed by atoms with Gasteiger partial charge in [-0.3, -0.25) is 15.0 Å². The van der Waals surface area contributed by atoms with Crippen LogP contribution in [0.25, 0.3) is 11.4 Å². The van der Waals surface area contributed by atoms with Gasteiger partial charge in [-0.25, -0.2) is 0 Å². The lowest BCUT2D eigenvalue weighted by atomic mass is 9.63. The highest BCUT2D eigenvalue weighted by Gasteiger charge is 2.49. The standard InChI is InChI=1S/C25H25N3/c1-18-6-2-3-7-20(16-18)25(17-19-10-14-26-15-11-19)21-8-4-12-27-23(21)24-22(25)9-5-13-28-24/h4-5,8-15,20H,1-3,6-7,16-17H2. The van der Waals surface area contributed by atoms with Crippen LogP contribution in [0.2, 0.25) is 0 Å². The van der Waals surface area contributed by atoms with Gasteiger partial charge in [-0.2, -0.15) is 0 Å². The maximum atomic E-state index is 4.78. The smallest absolute Gasteiger partial charge is 0.0930 e. The Morgan fingerprint density at radius 1 is 0.893 bits per heavy atom. The fraction of sp³-hybridized carbons (Fsp3) is 0.320. The summed E-state index contributed by atoms with van der Waals surface area (Å²) in [6.07, 6.45) is 14.5. The van der Waals surface area contributed by atoms with E-state index in [2.05, 4.69) is 48.0 Å². The lowest BCUT2D eigenvalue weighted by molar-refractivity contribution is 0.302. The molecule has 1 unspecified atom stereocenters. The number of hydrogen-bond donors (Lipinski definition) is 0. The molecular formula is C25H25N3. The molecule has 2 aliphatic rings. The van der Waals surface area contributed by atoms with E-state index in [1.807, 2.05) is 24.8 Å². The number of rotatable bonds is 3. The number of fused-ring (bicyclic) bond motifs is 3. The van der Waals surface area contributed by atoms with E-state index in [1.54, 1.807) is 0 Å². The Balaban J connectivity index is 1.76. The van der Waals surface area contributed by atoms with E-state index in [0.29, 0.717) is 5.92 Å². The third-order valence-corrected chi connectivity index (χ3v) is 6.60. The normalized spacial score (nSPS) is 20.3. The zero-order chi connectivity index (χ0) is 19.0. The molecule has 1 atom stereocenters. The van der Waals surface area contributed by atoms with Gasteiger partial charge in [-0.15, -0.1) is 0 Å². The Kier molecular flexibility index (Phi) is 4.31. The zero-order valence-corrected chi connectivity index (χ0v) is 16.1. The molecule has 1 saturated carbocycles. The summed E-state index contributed by atoms with van der Waals surface area (Å²) in [5.41, 5.74) is 7.38. The summed E-state index contributed by atoms with van der Waals surface area (Å²) in [5, 5.41) is 0. The molecule has 5 rings (SSSR count). The summed E-state index contributed by atoms with van der Waals surface area (Å²) < 4.78 is 0. The maximum absolute atomic E-state index is 4.78. The molecule has 3 aromatic heterocycles. The minimum Gasteiger partial charge on any atom is -0.265 e. The minimum atomic E-state index is -0.109. The molecule has 0 N–H and O–H groups in total. The molecule has 28 heavy (non-hydrogen) atoms. The highest BCUT2D eigenvalue weighted by atomic mass is 14.8. The van der Waals surface area contributed by atoms with Crippen LogP contribution in [0.3, 0.4) is 0 Å². The number of nitrogens with zero attached hydrogens (tertiary/aromatic N) is 3. The maximum Gasteiger partial charge on any atom is 0.0930 e. The van der Waals surface area contributed by atoms with Gasteiger partial charge >= 0.3 is 0 Å². The van der Waals surface area contributed by atoms with Gasteiger partial charge < -0.3 is 0 Å². The summed E-state index contributed by atoms with van der Waals surface area (Å²) in [5.74, 6) is 0.504. The van der Waals surface area contributed by atoms with Gasteiger partial charge in [0.25, 0.3) is 0 Å². The average Bonchev–Trinajstić information content (AvgIpc) is 2.85. The van der Waals surface area contributed by atoms with Crippen LogP contribution in [0.5, 0.6) is 0 Å². The lowest BCUT2D eigenvalue weighted by Gasteiger charge is -2.40. The molecule has 3 nitrogen and oxygen atoms in total. The minimum absolute atomic E-state index is 0.109. The van der Waals surface area contributed by atoms with Gasteiger partial charge in [0.1, 0.15) is 0 Å². The summed E-state index contributed by atoms with van der Waals surface area (Å²) in [4.78, 5) is 13.8. The van der Waals surface area contributed by atoms with Crippen LogP contribution >= 0.6 is 0 Å². The van der Waals surface area contributed by atoms with Crippen molar-refractivity contribution in [3.05, 3.63) is 90.0 Å². The van der Waals surface area contributed by atoms with Crippen molar-refractivity contribution in [3.8, 4) is 11.4 Å². The van der Waals surface area contributed by atoms with Crippen molar-refractivity contribution in [2.24, 2.45) is 5.92 Å². The molecule has 0 saturated heterocycles. The van der Waals surface area contributed by atoms with E-state index in [1.165, 1.54) is 41.5 Å². The Bertz CT molecular complexity index is 964. The second-order valence-electron chi connectivity index (χ2n) is 8.20. The van der Waals surface area contributed by atoms with Crippen LogP contribution < -0.4 is 0 Å². The van der Waals surface area contributed by atoms with Crippen LogP contribution in [0.15, 0.2) is 73.3 Å². The zero-order valence-electron chi connectivity index (χ0n) is 16.1. The van der Waals surface area contributed by atoms with Crippen molar-refractivity contribution in [1.29, 1.82) is 0 Å². The third kappa shape index (κ3) is 2.69. The first kappa shape index (κ1) is 17.3. The molecule has 3 heteroatoms. The fourth-order valence-corrected chi connectivity index (χ4v) is 5.39. The van der Waals surface area contributed by atoms with E-state index >= 15 is 0 Å².